The number of rotatable bonds is 7. The summed E-state index contributed by atoms with van der Waals surface area (Å²) in [7, 11) is -3.67. The van der Waals surface area contributed by atoms with Gasteiger partial charge in [0.2, 0.25) is 0 Å². The summed E-state index contributed by atoms with van der Waals surface area (Å²) in [5.74, 6) is -0.0380. The highest BCUT2D eigenvalue weighted by Crippen LogP contribution is 2.12. The number of hydrogen-bond donors (Lipinski definition) is 0. The topological polar surface area (TPSA) is 60.4 Å². The van der Waals surface area contributed by atoms with Crippen LogP contribution < -0.4 is 4.18 Å². The monoisotopic (exact) mass is 256 g/mol. The van der Waals surface area contributed by atoms with Crippen molar-refractivity contribution < 1.29 is 17.4 Å². The summed E-state index contributed by atoms with van der Waals surface area (Å²) >= 11 is 0. The predicted octanol–water partition coefficient (Wildman–Crippen LogP) is 2.15. The van der Waals surface area contributed by atoms with E-state index in [-0.39, 0.29) is 23.7 Å². The fourth-order valence-electron chi connectivity index (χ4n) is 1.31. The average molecular weight is 256 g/mol. The molecule has 1 aromatic rings. The Bertz CT molecular complexity index is 451. The molecule has 0 aromatic heterocycles. The van der Waals surface area contributed by atoms with Crippen LogP contribution in [0.5, 0.6) is 5.75 Å². The van der Waals surface area contributed by atoms with Gasteiger partial charge < -0.3 is 4.18 Å². The second-order valence-electron chi connectivity index (χ2n) is 3.70. The minimum atomic E-state index is -3.67. The Balaban J connectivity index is 2.50. The summed E-state index contributed by atoms with van der Waals surface area (Å²) in [6.07, 6.45) is 1.17. The number of hydrogen-bond acceptors (Lipinski definition) is 4. The first-order valence-electron chi connectivity index (χ1n) is 5.52. The largest absolute Gasteiger partial charge is 0.382 e. The van der Waals surface area contributed by atoms with Gasteiger partial charge in [-0.1, -0.05) is 25.1 Å². The molecule has 0 fully saturated rings. The molecule has 0 saturated carbocycles. The SMILES string of the molecule is CCCC(=O)CCS(=O)(=O)Oc1ccccc1. The Labute approximate surface area is 102 Å². The highest BCUT2D eigenvalue weighted by Gasteiger charge is 2.14. The van der Waals surface area contributed by atoms with Gasteiger partial charge in [0.1, 0.15) is 11.5 Å². The van der Waals surface area contributed by atoms with E-state index in [1.54, 1.807) is 30.3 Å². The summed E-state index contributed by atoms with van der Waals surface area (Å²) in [6, 6.07) is 8.27. The molecule has 17 heavy (non-hydrogen) atoms. The van der Waals surface area contributed by atoms with Crippen molar-refractivity contribution >= 4 is 15.9 Å². The van der Waals surface area contributed by atoms with Gasteiger partial charge in [-0.05, 0) is 18.6 Å². The average Bonchev–Trinajstić information content (AvgIpc) is 2.28. The van der Waals surface area contributed by atoms with E-state index >= 15 is 0 Å². The van der Waals surface area contributed by atoms with Gasteiger partial charge in [0.25, 0.3) is 0 Å². The summed E-state index contributed by atoms with van der Waals surface area (Å²) in [5.41, 5.74) is 0. The first-order chi connectivity index (χ1) is 8.03. The van der Waals surface area contributed by atoms with Crippen LogP contribution in [0.2, 0.25) is 0 Å². The van der Waals surface area contributed by atoms with Gasteiger partial charge in [0.05, 0.1) is 5.75 Å². The number of carbonyl (C=O) groups is 1. The van der Waals surface area contributed by atoms with Crippen molar-refractivity contribution in [3.8, 4) is 5.75 Å². The number of ketones is 1. The second kappa shape index (κ2) is 6.39. The zero-order valence-corrected chi connectivity index (χ0v) is 10.6. The van der Waals surface area contributed by atoms with Gasteiger partial charge in [-0.3, -0.25) is 4.79 Å². The van der Waals surface area contributed by atoms with Crippen LogP contribution >= 0.6 is 0 Å². The third-order valence-electron chi connectivity index (χ3n) is 2.13. The van der Waals surface area contributed by atoms with Crippen LogP contribution in [0.1, 0.15) is 26.2 Å². The van der Waals surface area contributed by atoms with Crippen LogP contribution in [0, 0.1) is 0 Å². The van der Waals surface area contributed by atoms with Gasteiger partial charge in [-0.25, -0.2) is 0 Å². The van der Waals surface area contributed by atoms with Gasteiger partial charge in [-0.2, -0.15) is 8.42 Å². The van der Waals surface area contributed by atoms with E-state index < -0.39 is 10.1 Å². The zero-order valence-electron chi connectivity index (χ0n) is 9.76. The lowest BCUT2D eigenvalue weighted by Gasteiger charge is -2.05. The van der Waals surface area contributed by atoms with Crippen LogP contribution in [0.3, 0.4) is 0 Å². The van der Waals surface area contributed by atoms with E-state index in [4.69, 9.17) is 4.18 Å². The molecule has 0 atom stereocenters. The van der Waals surface area contributed by atoms with Crippen LogP contribution in [-0.4, -0.2) is 20.0 Å². The third-order valence-corrected chi connectivity index (χ3v) is 3.28. The van der Waals surface area contributed by atoms with Gasteiger partial charge in [0.15, 0.2) is 0 Å². The molecule has 5 heteroatoms. The third kappa shape index (κ3) is 5.49. The van der Waals surface area contributed by atoms with E-state index in [9.17, 15) is 13.2 Å². The number of para-hydroxylation sites is 1. The molecule has 1 rings (SSSR count). The van der Waals surface area contributed by atoms with Crippen molar-refractivity contribution in [1.82, 2.24) is 0 Å². The summed E-state index contributed by atoms with van der Waals surface area (Å²) in [6.45, 7) is 1.88. The summed E-state index contributed by atoms with van der Waals surface area (Å²) in [4.78, 5) is 11.2. The lowest BCUT2D eigenvalue weighted by molar-refractivity contribution is -0.118. The van der Waals surface area contributed by atoms with Gasteiger partial charge in [-0.15, -0.1) is 0 Å². The van der Waals surface area contributed by atoms with E-state index in [0.717, 1.165) is 6.42 Å². The molecule has 0 aliphatic heterocycles. The molecule has 0 spiro atoms. The van der Waals surface area contributed by atoms with Crippen molar-refractivity contribution in [2.45, 2.75) is 26.2 Å². The minimum Gasteiger partial charge on any atom is -0.382 e. The Morgan fingerprint density at radius 1 is 1.18 bits per heavy atom. The Morgan fingerprint density at radius 2 is 1.82 bits per heavy atom. The van der Waals surface area contributed by atoms with Crippen molar-refractivity contribution in [2.24, 2.45) is 0 Å². The Kier molecular flexibility index (Phi) is 5.15. The van der Waals surface area contributed by atoms with Crippen LogP contribution in [0.15, 0.2) is 30.3 Å². The number of carbonyl (C=O) groups excluding carboxylic acids is 1. The fourth-order valence-corrected chi connectivity index (χ4v) is 2.27. The van der Waals surface area contributed by atoms with E-state index in [2.05, 4.69) is 0 Å². The van der Waals surface area contributed by atoms with Gasteiger partial charge >= 0.3 is 10.1 Å². The maximum absolute atomic E-state index is 11.5. The molecule has 1 aromatic carbocycles. The molecule has 0 aliphatic rings. The van der Waals surface area contributed by atoms with E-state index in [1.165, 1.54) is 0 Å². The molecular formula is C12H16O4S. The van der Waals surface area contributed by atoms with Crippen LogP contribution in [0.4, 0.5) is 0 Å². The van der Waals surface area contributed by atoms with E-state index in [1.807, 2.05) is 6.92 Å². The highest BCUT2D eigenvalue weighted by atomic mass is 32.2. The molecule has 0 saturated heterocycles. The Hall–Kier alpha value is -1.36. The molecule has 94 valence electrons. The summed E-state index contributed by atoms with van der Waals surface area (Å²) in [5, 5.41) is 0. The molecule has 0 aliphatic carbocycles. The molecule has 0 heterocycles. The number of benzene rings is 1. The molecular weight excluding hydrogens is 240 g/mol. The molecule has 0 unspecified atom stereocenters. The molecule has 0 amide bonds. The van der Waals surface area contributed by atoms with Crippen molar-refractivity contribution in [1.29, 1.82) is 0 Å². The molecule has 4 nitrogen and oxygen atoms in total. The van der Waals surface area contributed by atoms with Gasteiger partial charge in [0, 0.05) is 12.8 Å². The lowest BCUT2D eigenvalue weighted by Crippen LogP contribution is -2.16. The molecule has 0 N–H and O–H groups in total. The lowest BCUT2D eigenvalue weighted by atomic mass is 10.2. The van der Waals surface area contributed by atoms with E-state index in [0.29, 0.717) is 6.42 Å². The van der Waals surface area contributed by atoms with Crippen molar-refractivity contribution in [2.75, 3.05) is 5.75 Å². The van der Waals surface area contributed by atoms with Crippen molar-refractivity contribution in [3.05, 3.63) is 30.3 Å². The highest BCUT2D eigenvalue weighted by molar-refractivity contribution is 7.87. The quantitative estimate of drug-likeness (QED) is 0.701. The minimum absolute atomic E-state index is 0.0169. The first kappa shape index (κ1) is 13.7. The van der Waals surface area contributed by atoms with Crippen molar-refractivity contribution in [3.63, 3.8) is 0 Å². The zero-order chi connectivity index (χ0) is 12.7. The smallest absolute Gasteiger partial charge is 0.309 e. The summed E-state index contributed by atoms with van der Waals surface area (Å²) < 4.78 is 27.9. The molecule has 0 radical (unpaired) electrons. The first-order valence-corrected chi connectivity index (χ1v) is 7.10. The maximum Gasteiger partial charge on any atom is 0.309 e. The van der Waals surface area contributed by atoms with Crippen LogP contribution in [-0.2, 0) is 14.9 Å². The standard InChI is InChI=1S/C12H16O4S/c1-2-6-11(13)9-10-17(14,15)16-12-7-4-3-5-8-12/h3-5,7-8H,2,6,9-10H2,1H3. The van der Waals surface area contributed by atoms with Crippen LogP contribution in [0.25, 0.3) is 0 Å². The Morgan fingerprint density at radius 3 is 2.41 bits per heavy atom. The fraction of sp³-hybridized carbons (Fsp3) is 0.417. The normalized spacial score (nSPS) is 11.1. The number of Topliss-reactive ketones (excluding diaryl/α,β-unsaturated/α-hetero) is 1. The predicted molar refractivity (Wildman–Crippen MR) is 65.4 cm³/mol. The molecule has 0 bridgehead atoms. The second-order valence-corrected chi connectivity index (χ2v) is 5.39. The maximum atomic E-state index is 11.5.